The summed E-state index contributed by atoms with van der Waals surface area (Å²) in [4.78, 5) is 0. The summed E-state index contributed by atoms with van der Waals surface area (Å²) >= 11 is 0. The molecule has 20 heavy (non-hydrogen) atoms. The quantitative estimate of drug-likeness (QED) is 0.850. The Balaban J connectivity index is 2.34. The number of nitrogens with two attached hydrogens (primary N) is 1. The fourth-order valence-electron chi connectivity index (χ4n) is 2.04. The number of sulfone groups is 1. The van der Waals surface area contributed by atoms with E-state index in [9.17, 15) is 8.42 Å². The summed E-state index contributed by atoms with van der Waals surface area (Å²) in [7, 11) is -3.51. The highest BCUT2D eigenvalue weighted by Crippen LogP contribution is 2.16. The molecule has 0 spiro atoms. The van der Waals surface area contributed by atoms with Crippen LogP contribution in [0.5, 0.6) is 0 Å². The Kier molecular flexibility index (Phi) is 4.51. The normalized spacial score (nSPS) is 11.7. The first-order valence-electron chi connectivity index (χ1n) is 6.47. The highest BCUT2D eigenvalue weighted by Gasteiger charge is 2.24. The van der Waals surface area contributed by atoms with Crippen molar-refractivity contribution in [1.82, 2.24) is 14.8 Å². The molecule has 0 amide bonds. The average molecular weight is 294 g/mol. The van der Waals surface area contributed by atoms with Crippen molar-refractivity contribution in [3.8, 4) is 0 Å². The van der Waals surface area contributed by atoms with Gasteiger partial charge < -0.3 is 10.3 Å². The Hall–Kier alpha value is -1.73. The zero-order valence-electron chi connectivity index (χ0n) is 11.4. The maximum absolute atomic E-state index is 12.4. The van der Waals surface area contributed by atoms with E-state index >= 15 is 0 Å². The van der Waals surface area contributed by atoms with Crippen molar-refractivity contribution < 1.29 is 8.42 Å². The Morgan fingerprint density at radius 1 is 1.20 bits per heavy atom. The third-order valence-electron chi connectivity index (χ3n) is 2.96. The van der Waals surface area contributed by atoms with Gasteiger partial charge in [0.05, 0.1) is 5.75 Å². The lowest BCUT2D eigenvalue weighted by atomic mass is 10.2. The van der Waals surface area contributed by atoms with Crippen molar-refractivity contribution in [3.05, 3.63) is 41.7 Å². The Labute approximate surface area is 118 Å². The predicted molar refractivity (Wildman–Crippen MR) is 75.8 cm³/mol. The van der Waals surface area contributed by atoms with E-state index in [4.69, 9.17) is 5.73 Å². The maximum Gasteiger partial charge on any atom is 0.250 e. The third-order valence-corrected chi connectivity index (χ3v) is 4.53. The summed E-state index contributed by atoms with van der Waals surface area (Å²) in [6.45, 7) is 2.79. The van der Waals surface area contributed by atoms with E-state index < -0.39 is 9.84 Å². The minimum absolute atomic E-state index is 0.0207. The van der Waals surface area contributed by atoms with Crippen LogP contribution in [0.1, 0.15) is 18.3 Å². The lowest BCUT2D eigenvalue weighted by Crippen LogP contribution is -2.15. The number of hydrogen-bond acceptors (Lipinski definition) is 5. The largest absolute Gasteiger partial charge is 0.330 e. The highest BCUT2D eigenvalue weighted by molar-refractivity contribution is 7.90. The van der Waals surface area contributed by atoms with E-state index in [0.717, 1.165) is 5.56 Å². The van der Waals surface area contributed by atoms with E-state index in [1.54, 1.807) is 16.7 Å². The molecule has 2 rings (SSSR count). The second-order valence-electron chi connectivity index (χ2n) is 4.43. The van der Waals surface area contributed by atoms with E-state index in [2.05, 4.69) is 10.2 Å². The summed E-state index contributed by atoms with van der Waals surface area (Å²) in [6.07, 6.45) is 0.516. The fraction of sp³-hybridized carbons (Fsp3) is 0.385. The highest BCUT2D eigenvalue weighted by atomic mass is 32.2. The van der Waals surface area contributed by atoms with E-state index in [1.165, 1.54) is 0 Å². The Bertz CT molecular complexity index is 665. The van der Waals surface area contributed by atoms with Crippen molar-refractivity contribution in [2.24, 2.45) is 5.73 Å². The van der Waals surface area contributed by atoms with E-state index in [1.807, 2.05) is 25.1 Å². The molecule has 0 bridgehead atoms. The van der Waals surface area contributed by atoms with Gasteiger partial charge >= 0.3 is 0 Å². The Morgan fingerprint density at radius 3 is 2.50 bits per heavy atom. The minimum Gasteiger partial charge on any atom is -0.330 e. The summed E-state index contributed by atoms with van der Waals surface area (Å²) in [5.74, 6) is 0.538. The van der Waals surface area contributed by atoms with Gasteiger partial charge in [0.25, 0.3) is 0 Å². The molecule has 2 aromatic rings. The van der Waals surface area contributed by atoms with Gasteiger partial charge in [0, 0.05) is 13.0 Å². The fourth-order valence-corrected chi connectivity index (χ4v) is 3.53. The third kappa shape index (κ3) is 3.05. The second kappa shape index (κ2) is 6.15. The number of nitrogens with zero attached hydrogens (tertiary/aromatic N) is 3. The maximum atomic E-state index is 12.4. The SMILES string of the molecule is CCn1c(CCN)nnc1S(=O)(=O)Cc1ccccc1. The molecule has 0 saturated carbocycles. The molecule has 2 N–H and O–H groups in total. The van der Waals surface area contributed by atoms with E-state index in [-0.39, 0.29) is 10.9 Å². The van der Waals surface area contributed by atoms with Gasteiger partial charge in [0.2, 0.25) is 15.0 Å². The number of aromatic nitrogens is 3. The van der Waals surface area contributed by atoms with Crippen molar-refractivity contribution in [3.63, 3.8) is 0 Å². The molecule has 6 nitrogen and oxygen atoms in total. The molecule has 7 heteroatoms. The molecule has 0 radical (unpaired) electrons. The van der Waals surface area contributed by atoms with Crippen LogP contribution in [0.4, 0.5) is 0 Å². The summed E-state index contributed by atoms with van der Waals surface area (Å²) in [6, 6.07) is 9.05. The van der Waals surface area contributed by atoms with Crippen LogP contribution in [0.25, 0.3) is 0 Å². The van der Waals surface area contributed by atoms with Crippen LogP contribution in [-0.2, 0) is 28.6 Å². The van der Waals surface area contributed by atoms with Crippen molar-refractivity contribution >= 4 is 9.84 Å². The van der Waals surface area contributed by atoms with Crippen LogP contribution in [0.2, 0.25) is 0 Å². The van der Waals surface area contributed by atoms with Crippen molar-refractivity contribution in [2.75, 3.05) is 6.54 Å². The first-order valence-corrected chi connectivity index (χ1v) is 8.12. The summed E-state index contributed by atoms with van der Waals surface area (Å²) in [5.41, 5.74) is 6.23. The molecule has 1 aromatic heterocycles. The van der Waals surface area contributed by atoms with Gasteiger partial charge in [-0.15, -0.1) is 10.2 Å². The zero-order chi connectivity index (χ0) is 14.6. The van der Waals surface area contributed by atoms with Crippen LogP contribution in [0.15, 0.2) is 35.5 Å². The summed E-state index contributed by atoms with van der Waals surface area (Å²) < 4.78 is 26.5. The average Bonchev–Trinajstić information content (AvgIpc) is 2.83. The number of hydrogen-bond donors (Lipinski definition) is 1. The lowest BCUT2D eigenvalue weighted by molar-refractivity contribution is 0.561. The predicted octanol–water partition coefficient (Wildman–Crippen LogP) is 0.773. The molecule has 0 aliphatic heterocycles. The molecule has 0 fully saturated rings. The molecule has 0 aliphatic rings. The molecule has 1 aromatic carbocycles. The lowest BCUT2D eigenvalue weighted by Gasteiger charge is -2.07. The van der Waals surface area contributed by atoms with Crippen LogP contribution >= 0.6 is 0 Å². The van der Waals surface area contributed by atoms with Crippen LogP contribution < -0.4 is 5.73 Å². The molecular formula is C13H18N4O2S. The number of benzene rings is 1. The van der Waals surface area contributed by atoms with Gasteiger partial charge in [-0.3, -0.25) is 0 Å². The molecular weight excluding hydrogens is 276 g/mol. The van der Waals surface area contributed by atoms with E-state index in [0.29, 0.717) is 25.3 Å². The molecule has 0 aliphatic carbocycles. The molecule has 0 atom stereocenters. The van der Waals surface area contributed by atoms with Gasteiger partial charge in [0.1, 0.15) is 5.82 Å². The Morgan fingerprint density at radius 2 is 1.90 bits per heavy atom. The monoisotopic (exact) mass is 294 g/mol. The van der Waals surface area contributed by atoms with Crippen LogP contribution in [-0.4, -0.2) is 29.7 Å². The molecule has 0 saturated heterocycles. The molecule has 0 unspecified atom stereocenters. The first kappa shape index (κ1) is 14.7. The van der Waals surface area contributed by atoms with Crippen LogP contribution in [0, 0.1) is 0 Å². The van der Waals surface area contributed by atoms with Crippen molar-refractivity contribution in [1.29, 1.82) is 0 Å². The zero-order valence-corrected chi connectivity index (χ0v) is 12.2. The minimum atomic E-state index is -3.51. The van der Waals surface area contributed by atoms with Gasteiger partial charge in [-0.1, -0.05) is 30.3 Å². The standard InChI is InChI=1S/C13H18N4O2S/c1-2-17-12(8-9-14)15-16-13(17)20(18,19)10-11-6-4-3-5-7-11/h3-7H,2,8-10,14H2,1H3. The second-order valence-corrected chi connectivity index (χ2v) is 6.31. The number of rotatable bonds is 6. The van der Waals surface area contributed by atoms with Crippen molar-refractivity contribution in [2.45, 2.75) is 30.8 Å². The first-order chi connectivity index (χ1) is 9.58. The van der Waals surface area contributed by atoms with Gasteiger partial charge in [-0.25, -0.2) is 8.42 Å². The van der Waals surface area contributed by atoms with Gasteiger partial charge in [0.15, 0.2) is 0 Å². The summed E-state index contributed by atoms with van der Waals surface area (Å²) in [5, 5.41) is 7.80. The topological polar surface area (TPSA) is 90.9 Å². The molecule has 108 valence electrons. The van der Waals surface area contributed by atoms with Crippen LogP contribution in [0.3, 0.4) is 0 Å². The molecule has 1 heterocycles. The van der Waals surface area contributed by atoms with Gasteiger partial charge in [-0.05, 0) is 19.0 Å². The smallest absolute Gasteiger partial charge is 0.250 e. The van der Waals surface area contributed by atoms with Gasteiger partial charge in [-0.2, -0.15) is 0 Å².